The highest BCUT2D eigenvalue weighted by Crippen LogP contribution is 2.39. The molecule has 0 saturated carbocycles. The minimum Gasteiger partial charge on any atom is -0.378 e. The summed E-state index contributed by atoms with van der Waals surface area (Å²) >= 11 is 3.30. The Morgan fingerprint density at radius 2 is 1.74 bits per heavy atom. The van der Waals surface area contributed by atoms with Gasteiger partial charge in [-0.15, -0.1) is 22.7 Å². The molecule has 0 spiro atoms. The van der Waals surface area contributed by atoms with Crippen molar-refractivity contribution in [2.75, 3.05) is 36.5 Å². The molecule has 4 aromatic rings. The van der Waals surface area contributed by atoms with Crippen molar-refractivity contribution < 1.29 is 9.53 Å². The molecule has 27 heavy (non-hydrogen) atoms. The van der Waals surface area contributed by atoms with E-state index in [0.29, 0.717) is 0 Å². The van der Waals surface area contributed by atoms with Gasteiger partial charge in [0.1, 0.15) is 0 Å². The van der Waals surface area contributed by atoms with Crippen LogP contribution in [0.3, 0.4) is 0 Å². The van der Waals surface area contributed by atoms with Crippen LogP contribution in [0.25, 0.3) is 19.5 Å². The molecule has 1 aliphatic rings. The van der Waals surface area contributed by atoms with Crippen LogP contribution in [0.15, 0.2) is 54.6 Å². The van der Waals surface area contributed by atoms with Crippen molar-refractivity contribution in [1.29, 1.82) is 0 Å². The van der Waals surface area contributed by atoms with Crippen LogP contribution < -0.4 is 10.2 Å². The first-order valence-corrected chi connectivity index (χ1v) is 10.6. The lowest BCUT2D eigenvalue weighted by molar-refractivity contribution is 0.103. The summed E-state index contributed by atoms with van der Waals surface area (Å²) in [5.41, 5.74) is 1.98. The summed E-state index contributed by atoms with van der Waals surface area (Å²) in [6.07, 6.45) is 0. The number of morpholine rings is 1. The molecule has 6 heteroatoms. The van der Waals surface area contributed by atoms with E-state index in [1.807, 2.05) is 24.3 Å². The molecule has 1 aliphatic heterocycles. The molecule has 2 aromatic carbocycles. The molecule has 0 bridgehead atoms. The Hall–Kier alpha value is -2.41. The molecular formula is C21H18N2O2S2. The third kappa shape index (κ3) is 3.20. The van der Waals surface area contributed by atoms with Crippen molar-refractivity contribution in [1.82, 2.24) is 0 Å². The van der Waals surface area contributed by atoms with Gasteiger partial charge in [-0.25, -0.2) is 0 Å². The van der Waals surface area contributed by atoms with Crippen LogP contribution in [0.4, 0.5) is 11.4 Å². The standard InChI is InChI=1S/C21H18N2O2S2/c24-21(19-13-18-20(27-19)16-3-1-2-4-17(16)26-18)22-14-5-7-15(8-6-14)23-9-11-25-12-10-23/h1-8,13H,9-12H2,(H,22,24). The third-order valence-corrected chi connectivity index (χ3v) is 7.19. The average molecular weight is 395 g/mol. The summed E-state index contributed by atoms with van der Waals surface area (Å²) in [4.78, 5) is 15.7. The number of nitrogens with one attached hydrogen (secondary N) is 1. The number of carbonyl (C=O) groups excluding carboxylic acids is 1. The second kappa shape index (κ2) is 6.96. The monoisotopic (exact) mass is 394 g/mol. The zero-order valence-electron chi connectivity index (χ0n) is 14.6. The molecule has 2 aromatic heterocycles. The molecule has 1 saturated heterocycles. The highest BCUT2D eigenvalue weighted by atomic mass is 32.1. The summed E-state index contributed by atoms with van der Waals surface area (Å²) in [6.45, 7) is 3.35. The van der Waals surface area contributed by atoms with E-state index >= 15 is 0 Å². The summed E-state index contributed by atoms with van der Waals surface area (Å²) in [5.74, 6) is -0.0494. The van der Waals surface area contributed by atoms with Crippen LogP contribution in [-0.2, 0) is 4.74 Å². The van der Waals surface area contributed by atoms with Gasteiger partial charge >= 0.3 is 0 Å². The quantitative estimate of drug-likeness (QED) is 0.519. The predicted molar refractivity (Wildman–Crippen MR) is 115 cm³/mol. The van der Waals surface area contributed by atoms with Gasteiger partial charge in [-0.1, -0.05) is 18.2 Å². The fraction of sp³-hybridized carbons (Fsp3) is 0.190. The fourth-order valence-electron chi connectivity index (χ4n) is 3.38. The van der Waals surface area contributed by atoms with Crippen LogP contribution in [0.1, 0.15) is 9.67 Å². The van der Waals surface area contributed by atoms with Crippen molar-refractivity contribution in [3.63, 3.8) is 0 Å². The van der Waals surface area contributed by atoms with E-state index in [4.69, 9.17) is 4.74 Å². The van der Waals surface area contributed by atoms with E-state index in [2.05, 4.69) is 40.5 Å². The van der Waals surface area contributed by atoms with E-state index in [0.717, 1.165) is 36.9 Å². The van der Waals surface area contributed by atoms with Crippen LogP contribution in [0, 0.1) is 0 Å². The van der Waals surface area contributed by atoms with E-state index < -0.39 is 0 Å². The smallest absolute Gasteiger partial charge is 0.265 e. The van der Waals surface area contributed by atoms with Crippen molar-refractivity contribution in [3.8, 4) is 0 Å². The minimum atomic E-state index is -0.0494. The number of fused-ring (bicyclic) bond motifs is 3. The largest absolute Gasteiger partial charge is 0.378 e. The number of nitrogens with zero attached hydrogens (tertiary/aromatic N) is 1. The Kier molecular flexibility index (Phi) is 4.32. The van der Waals surface area contributed by atoms with Gasteiger partial charge in [0.2, 0.25) is 0 Å². The maximum atomic E-state index is 12.7. The topological polar surface area (TPSA) is 41.6 Å². The van der Waals surface area contributed by atoms with Gasteiger partial charge in [0.05, 0.1) is 22.8 Å². The van der Waals surface area contributed by atoms with E-state index in [1.165, 1.54) is 25.2 Å². The molecule has 0 radical (unpaired) electrons. The Labute approximate surface area is 165 Å². The van der Waals surface area contributed by atoms with Crippen LogP contribution in [0.5, 0.6) is 0 Å². The van der Waals surface area contributed by atoms with Crippen molar-refractivity contribution in [2.24, 2.45) is 0 Å². The molecule has 0 atom stereocenters. The van der Waals surface area contributed by atoms with E-state index in [9.17, 15) is 4.79 Å². The number of ether oxygens (including phenoxy) is 1. The van der Waals surface area contributed by atoms with Crippen LogP contribution in [-0.4, -0.2) is 32.2 Å². The second-order valence-electron chi connectivity index (χ2n) is 6.50. The fourth-order valence-corrected chi connectivity index (χ4v) is 5.80. The highest BCUT2D eigenvalue weighted by molar-refractivity contribution is 7.33. The first-order valence-electron chi connectivity index (χ1n) is 8.93. The second-order valence-corrected chi connectivity index (χ2v) is 8.64. The van der Waals surface area contributed by atoms with Gasteiger partial charge in [-0.3, -0.25) is 4.79 Å². The van der Waals surface area contributed by atoms with Crippen LogP contribution >= 0.6 is 22.7 Å². The van der Waals surface area contributed by atoms with Crippen molar-refractivity contribution in [3.05, 3.63) is 59.5 Å². The molecule has 0 aliphatic carbocycles. The molecule has 0 unspecified atom stereocenters. The molecule has 1 fully saturated rings. The van der Waals surface area contributed by atoms with E-state index in [1.54, 1.807) is 22.7 Å². The molecule has 4 nitrogen and oxygen atoms in total. The average Bonchev–Trinajstić information content (AvgIpc) is 3.27. The predicted octanol–water partition coefficient (Wildman–Crippen LogP) is 5.20. The van der Waals surface area contributed by atoms with Crippen LogP contribution in [0.2, 0.25) is 0 Å². The minimum absolute atomic E-state index is 0.0494. The first kappa shape index (κ1) is 16.7. The molecule has 136 valence electrons. The summed E-state index contributed by atoms with van der Waals surface area (Å²) < 4.78 is 9.04. The number of hydrogen-bond acceptors (Lipinski definition) is 5. The lowest BCUT2D eigenvalue weighted by atomic mass is 10.2. The summed E-state index contributed by atoms with van der Waals surface area (Å²) in [6, 6.07) is 18.4. The Bertz CT molecular complexity index is 1110. The van der Waals surface area contributed by atoms with Crippen molar-refractivity contribution >= 4 is 59.4 Å². The lowest BCUT2D eigenvalue weighted by Gasteiger charge is -2.28. The zero-order valence-corrected chi connectivity index (χ0v) is 16.2. The normalized spacial score (nSPS) is 14.7. The third-order valence-electron chi connectivity index (χ3n) is 4.77. The highest BCUT2D eigenvalue weighted by Gasteiger charge is 2.15. The number of rotatable bonds is 3. The van der Waals surface area contributed by atoms with Gasteiger partial charge in [0.25, 0.3) is 5.91 Å². The number of thiophene rings is 2. The number of benzene rings is 2. The zero-order chi connectivity index (χ0) is 18.2. The van der Waals surface area contributed by atoms with Gasteiger partial charge < -0.3 is 15.0 Å². The molecular weight excluding hydrogens is 376 g/mol. The molecule has 3 heterocycles. The number of amides is 1. The SMILES string of the molecule is O=C(Nc1ccc(N2CCOCC2)cc1)c1cc2sc3ccccc3c2s1. The van der Waals surface area contributed by atoms with Gasteiger partial charge in [-0.05, 0) is 36.4 Å². The first-order chi connectivity index (χ1) is 13.3. The Morgan fingerprint density at radius 3 is 2.56 bits per heavy atom. The van der Waals surface area contributed by atoms with Gasteiger partial charge in [0.15, 0.2) is 0 Å². The molecule has 5 rings (SSSR count). The van der Waals surface area contributed by atoms with Gasteiger partial charge in [0, 0.05) is 39.3 Å². The van der Waals surface area contributed by atoms with E-state index in [-0.39, 0.29) is 5.91 Å². The lowest BCUT2D eigenvalue weighted by Crippen LogP contribution is -2.36. The maximum absolute atomic E-state index is 12.7. The molecule has 1 amide bonds. The number of carbonyl (C=O) groups is 1. The Morgan fingerprint density at radius 1 is 0.963 bits per heavy atom. The summed E-state index contributed by atoms with van der Waals surface area (Å²) in [7, 11) is 0. The maximum Gasteiger partial charge on any atom is 0.265 e. The number of hydrogen-bond donors (Lipinski definition) is 1. The molecule has 1 N–H and O–H groups in total. The van der Waals surface area contributed by atoms with Crippen molar-refractivity contribution in [2.45, 2.75) is 0 Å². The Balaban J connectivity index is 1.34. The summed E-state index contributed by atoms with van der Waals surface area (Å²) in [5, 5.41) is 4.25. The van der Waals surface area contributed by atoms with Gasteiger partial charge in [-0.2, -0.15) is 0 Å². The number of anilines is 2.